The predicted octanol–water partition coefficient (Wildman–Crippen LogP) is 4.47. The minimum Gasteiger partial charge on any atom is -0.488 e. The van der Waals surface area contributed by atoms with Gasteiger partial charge in [-0.05, 0) is 48.4 Å². The fourth-order valence-electron chi connectivity index (χ4n) is 2.71. The predicted molar refractivity (Wildman–Crippen MR) is 103 cm³/mol. The first-order valence-electron chi connectivity index (χ1n) is 8.49. The molecule has 1 N–H and O–H groups in total. The molecular formula is C20H18BrFN2O3. The van der Waals surface area contributed by atoms with Gasteiger partial charge in [0.25, 0.3) is 5.91 Å². The van der Waals surface area contributed by atoms with E-state index in [2.05, 4.69) is 21.2 Å². The molecule has 1 heterocycles. The number of amides is 3. The molecule has 27 heavy (non-hydrogen) atoms. The van der Waals surface area contributed by atoms with Crippen molar-refractivity contribution in [3.63, 3.8) is 0 Å². The van der Waals surface area contributed by atoms with E-state index in [4.69, 9.17) is 4.74 Å². The molecule has 5 nitrogen and oxygen atoms in total. The van der Waals surface area contributed by atoms with Gasteiger partial charge in [0.05, 0.1) is 0 Å². The van der Waals surface area contributed by atoms with E-state index in [1.807, 2.05) is 6.92 Å². The summed E-state index contributed by atoms with van der Waals surface area (Å²) in [6, 6.07) is 11.1. The van der Waals surface area contributed by atoms with Gasteiger partial charge < -0.3 is 10.1 Å². The van der Waals surface area contributed by atoms with Gasteiger partial charge >= 0.3 is 6.03 Å². The summed E-state index contributed by atoms with van der Waals surface area (Å²) in [7, 11) is 0. The molecule has 0 saturated carbocycles. The number of carbonyl (C=O) groups is 2. The van der Waals surface area contributed by atoms with Crippen LogP contribution < -0.4 is 10.1 Å². The maximum Gasteiger partial charge on any atom is 0.329 e. The molecule has 7 heteroatoms. The van der Waals surface area contributed by atoms with Crippen molar-refractivity contribution in [3.8, 4) is 5.75 Å². The Bertz CT molecular complexity index is 914. The Morgan fingerprint density at radius 1 is 1.22 bits per heavy atom. The highest BCUT2D eigenvalue weighted by Gasteiger charge is 2.32. The standard InChI is InChI=1S/C20H18BrFN2O3/c1-2-8-24-19(25)17(23-20(24)26)11-14-10-15(21)6-7-18(14)27-12-13-4-3-5-16(22)9-13/h3-7,9-11H,2,8,12H2,1H3,(H,23,26)/b17-11+. The average Bonchev–Trinajstić information content (AvgIpc) is 2.89. The number of halogens is 2. The Balaban J connectivity index is 1.84. The van der Waals surface area contributed by atoms with Gasteiger partial charge in [-0.2, -0.15) is 0 Å². The number of hydrogen-bond donors (Lipinski definition) is 1. The number of hydrogen-bond acceptors (Lipinski definition) is 3. The molecule has 0 spiro atoms. The first-order valence-corrected chi connectivity index (χ1v) is 9.28. The first kappa shape index (κ1) is 19.1. The zero-order valence-electron chi connectivity index (χ0n) is 14.7. The monoisotopic (exact) mass is 432 g/mol. The zero-order chi connectivity index (χ0) is 19.4. The van der Waals surface area contributed by atoms with Crippen LogP contribution in [0, 0.1) is 5.82 Å². The molecule has 1 saturated heterocycles. The van der Waals surface area contributed by atoms with Gasteiger partial charge in [-0.25, -0.2) is 9.18 Å². The van der Waals surface area contributed by atoms with Crippen LogP contribution in [0.2, 0.25) is 0 Å². The summed E-state index contributed by atoms with van der Waals surface area (Å²) in [6.07, 6.45) is 2.27. The van der Waals surface area contributed by atoms with Crippen molar-refractivity contribution < 1.29 is 18.7 Å². The lowest BCUT2D eigenvalue weighted by Gasteiger charge is -2.11. The molecule has 0 bridgehead atoms. The van der Waals surface area contributed by atoms with Crippen LogP contribution in [0.25, 0.3) is 6.08 Å². The SMILES string of the molecule is CCCN1C(=O)N/C(=C/c2cc(Br)ccc2OCc2cccc(F)c2)C1=O. The highest BCUT2D eigenvalue weighted by atomic mass is 79.9. The number of rotatable bonds is 6. The van der Waals surface area contributed by atoms with E-state index in [1.165, 1.54) is 17.0 Å². The molecule has 1 fully saturated rings. The molecule has 1 aliphatic heterocycles. The quantitative estimate of drug-likeness (QED) is 0.540. The lowest BCUT2D eigenvalue weighted by atomic mass is 10.1. The smallest absolute Gasteiger partial charge is 0.329 e. The summed E-state index contributed by atoms with van der Waals surface area (Å²) in [5.74, 6) is -0.173. The van der Waals surface area contributed by atoms with E-state index < -0.39 is 6.03 Å². The topological polar surface area (TPSA) is 58.6 Å². The van der Waals surface area contributed by atoms with Crippen molar-refractivity contribution in [3.05, 3.63) is 69.6 Å². The Morgan fingerprint density at radius 3 is 2.78 bits per heavy atom. The summed E-state index contributed by atoms with van der Waals surface area (Å²) >= 11 is 3.40. The van der Waals surface area contributed by atoms with E-state index in [0.29, 0.717) is 29.8 Å². The fraction of sp³-hybridized carbons (Fsp3) is 0.200. The summed E-state index contributed by atoms with van der Waals surface area (Å²) in [6.45, 7) is 2.44. The molecule has 3 amide bonds. The van der Waals surface area contributed by atoms with Gasteiger partial charge in [0.2, 0.25) is 0 Å². The number of urea groups is 1. The molecule has 2 aromatic carbocycles. The number of carbonyl (C=O) groups excluding carboxylic acids is 2. The van der Waals surface area contributed by atoms with Crippen molar-refractivity contribution in [2.45, 2.75) is 20.0 Å². The summed E-state index contributed by atoms with van der Waals surface area (Å²) < 4.78 is 19.9. The van der Waals surface area contributed by atoms with Crippen LogP contribution in [0.15, 0.2) is 52.6 Å². The molecule has 0 radical (unpaired) electrons. The van der Waals surface area contributed by atoms with Crippen LogP contribution in [-0.2, 0) is 11.4 Å². The number of nitrogens with one attached hydrogen (secondary N) is 1. The molecule has 3 rings (SSSR count). The van der Waals surface area contributed by atoms with Crippen LogP contribution in [0.1, 0.15) is 24.5 Å². The third-order valence-electron chi connectivity index (χ3n) is 3.96. The number of imide groups is 1. The summed E-state index contributed by atoms with van der Waals surface area (Å²) in [5, 5.41) is 2.59. The number of ether oxygens (including phenoxy) is 1. The molecular weight excluding hydrogens is 415 g/mol. The summed E-state index contributed by atoms with van der Waals surface area (Å²) in [4.78, 5) is 25.5. The van der Waals surface area contributed by atoms with Gasteiger partial charge in [-0.15, -0.1) is 0 Å². The van der Waals surface area contributed by atoms with E-state index in [1.54, 1.807) is 36.4 Å². The minimum absolute atomic E-state index is 0.178. The summed E-state index contributed by atoms with van der Waals surface area (Å²) in [5.41, 5.74) is 1.51. The normalized spacial score (nSPS) is 15.4. The van der Waals surface area contributed by atoms with E-state index in [9.17, 15) is 14.0 Å². The van der Waals surface area contributed by atoms with Crippen molar-refractivity contribution in [1.82, 2.24) is 10.2 Å². The lowest BCUT2D eigenvalue weighted by molar-refractivity contribution is -0.122. The minimum atomic E-state index is -0.426. The van der Waals surface area contributed by atoms with E-state index in [-0.39, 0.29) is 24.0 Å². The van der Waals surface area contributed by atoms with Gasteiger partial charge in [0.1, 0.15) is 23.9 Å². The Labute approximate surface area is 164 Å². The molecule has 0 unspecified atom stereocenters. The fourth-order valence-corrected chi connectivity index (χ4v) is 3.08. The van der Waals surface area contributed by atoms with Crippen LogP contribution in [-0.4, -0.2) is 23.4 Å². The highest BCUT2D eigenvalue weighted by Crippen LogP contribution is 2.27. The Kier molecular flexibility index (Phi) is 5.91. The van der Waals surface area contributed by atoms with Gasteiger partial charge in [0, 0.05) is 16.6 Å². The molecule has 2 aromatic rings. The van der Waals surface area contributed by atoms with Crippen molar-refractivity contribution in [1.29, 1.82) is 0 Å². The second kappa shape index (κ2) is 8.35. The third-order valence-corrected chi connectivity index (χ3v) is 4.46. The molecule has 0 atom stereocenters. The van der Waals surface area contributed by atoms with E-state index in [0.717, 1.165) is 4.47 Å². The number of nitrogens with zero attached hydrogens (tertiary/aromatic N) is 1. The largest absolute Gasteiger partial charge is 0.488 e. The van der Waals surface area contributed by atoms with Crippen LogP contribution in [0.3, 0.4) is 0 Å². The maximum absolute atomic E-state index is 13.3. The lowest BCUT2D eigenvalue weighted by Crippen LogP contribution is -2.31. The van der Waals surface area contributed by atoms with Crippen LogP contribution >= 0.6 is 15.9 Å². The van der Waals surface area contributed by atoms with Crippen LogP contribution in [0.4, 0.5) is 9.18 Å². The number of benzene rings is 2. The zero-order valence-corrected chi connectivity index (χ0v) is 16.3. The maximum atomic E-state index is 13.3. The Hall–Kier alpha value is -2.67. The average molecular weight is 433 g/mol. The van der Waals surface area contributed by atoms with E-state index >= 15 is 0 Å². The second-order valence-corrected chi connectivity index (χ2v) is 6.96. The van der Waals surface area contributed by atoms with Gasteiger partial charge in [0.15, 0.2) is 0 Å². The molecule has 0 aliphatic carbocycles. The van der Waals surface area contributed by atoms with Crippen molar-refractivity contribution in [2.24, 2.45) is 0 Å². The van der Waals surface area contributed by atoms with Crippen LogP contribution in [0.5, 0.6) is 5.75 Å². The van der Waals surface area contributed by atoms with Crippen molar-refractivity contribution in [2.75, 3.05) is 6.54 Å². The molecule has 140 valence electrons. The molecule has 1 aliphatic rings. The first-order chi connectivity index (χ1) is 13.0. The van der Waals surface area contributed by atoms with Crippen molar-refractivity contribution >= 4 is 33.9 Å². The third kappa shape index (κ3) is 4.54. The highest BCUT2D eigenvalue weighted by molar-refractivity contribution is 9.10. The Morgan fingerprint density at radius 2 is 2.04 bits per heavy atom. The van der Waals surface area contributed by atoms with Gasteiger partial charge in [-0.3, -0.25) is 9.69 Å². The molecule has 0 aromatic heterocycles. The second-order valence-electron chi connectivity index (χ2n) is 6.05. The van der Waals surface area contributed by atoms with Gasteiger partial charge in [-0.1, -0.05) is 35.0 Å².